The Hall–Kier alpha value is -0.860. The van der Waals surface area contributed by atoms with Crippen LogP contribution in [0.5, 0.6) is 0 Å². The number of nitrogens with one attached hydrogen (secondary N) is 1. The van der Waals surface area contributed by atoms with Gasteiger partial charge < -0.3 is 10.1 Å². The van der Waals surface area contributed by atoms with Gasteiger partial charge in [-0.05, 0) is 64.5 Å². The highest BCUT2D eigenvalue weighted by Gasteiger charge is 2.36. The first-order valence-electron chi connectivity index (χ1n) is 8.38. The van der Waals surface area contributed by atoms with Crippen LogP contribution in [0.4, 0.5) is 0 Å². The lowest BCUT2D eigenvalue weighted by Crippen LogP contribution is -2.48. The summed E-state index contributed by atoms with van der Waals surface area (Å²) in [6, 6.07) is 9.01. The molecule has 0 fully saturated rings. The van der Waals surface area contributed by atoms with Gasteiger partial charge in [0, 0.05) is 30.7 Å². The normalized spacial score (nSPS) is 22.1. The summed E-state index contributed by atoms with van der Waals surface area (Å²) in [6.07, 6.45) is 4.89. The molecule has 0 saturated carbocycles. The quantitative estimate of drug-likeness (QED) is 0.797. The molecule has 0 bridgehead atoms. The lowest BCUT2D eigenvalue weighted by Gasteiger charge is -2.41. The Bertz CT molecular complexity index is 449. The minimum atomic E-state index is 0.158. The zero-order valence-electron chi connectivity index (χ0n) is 14.2. The van der Waals surface area contributed by atoms with Crippen LogP contribution in [0.2, 0.25) is 0 Å². The molecule has 1 aliphatic carbocycles. The van der Waals surface area contributed by atoms with Crippen LogP contribution < -0.4 is 5.32 Å². The summed E-state index contributed by atoms with van der Waals surface area (Å²) in [6.45, 7) is 11.5. The summed E-state index contributed by atoms with van der Waals surface area (Å²) >= 11 is 0. The Labute approximate surface area is 130 Å². The molecule has 1 unspecified atom stereocenters. The third kappa shape index (κ3) is 4.31. The first kappa shape index (κ1) is 16.5. The van der Waals surface area contributed by atoms with Crippen molar-refractivity contribution in [3.05, 3.63) is 35.4 Å². The fourth-order valence-corrected chi connectivity index (χ4v) is 3.39. The summed E-state index contributed by atoms with van der Waals surface area (Å²) in [5.41, 5.74) is 3.48. The van der Waals surface area contributed by atoms with E-state index in [2.05, 4.69) is 57.3 Å². The van der Waals surface area contributed by atoms with E-state index >= 15 is 0 Å². The maximum atomic E-state index is 5.68. The van der Waals surface area contributed by atoms with Crippen molar-refractivity contribution >= 4 is 0 Å². The summed E-state index contributed by atoms with van der Waals surface area (Å²) in [4.78, 5) is 0. The molecule has 0 aliphatic heterocycles. The first-order chi connectivity index (χ1) is 9.97. The molecule has 1 aromatic carbocycles. The highest BCUT2D eigenvalue weighted by atomic mass is 16.5. The predicted molar refractivity (Wildman–Crippen MR) is 89.9 cm³/mol. The van der Waals surface area contributed by atoms with Crippen molar-refractivity contribution in [3.8, 4) is 0 Å². The molecule has 1 aliphatic rings. The molecular weight excluding hydrogens is 258 g/mol. The van der Waals surface area contributed by atoms with Gasteiger partial charge in [-0.2, -0.15) is 0 Å². The Balaban J connectivity index is 2.24. The summed E-state index contributed by atoms with van der Waals surface area (Å²) in [5.74, 6) is 0. The van der Waals surface area contributed by atoms with E-state index in [9.17, 15) is 0 Å². The van der Waals surface area contributed by atoms with Gasteiger partial charge >= 0.3 is 0 Å². The molecule has 2 nitrogen and oxygen atoms in total. The molecule has 0 amide bonds. The molecule has 2 rings (SSSR count). The molecule has 1 N–H and O–H groups in total. The van der Waals surface area contributed by atoms with Crippen LogP contribution in [0, 0.1) is 0 Å². The minimum Gasteiger partial charge on any atom is -0.382 e. The zero-order valence-corrected chi connectivity index (χ0v) is 14.2. The van der Waals surface area contributed by atoms with Crippen LogP contribution in [0.15, 0.2) is 24.3 Å². The number of hydrogen-bond donors (Lipinski definition) is 1. The Morgan fingerprint density at radius 1 is 1.24 bits per heavy atom. The molecule has 1 atom stereocenters. The van der Waals surface area contributed by atoms with Crippen LogP contribution in [-0.4, -0.2) is 25.3 Å². The average Bonchev–Trinajstić information content (AvgIpc) is 2.45. The van der Waals surface area contributed by atoms with Crippen LogP contribution in [0.25, 0.3) is 0 Å². The van der Waals surface area contributed by atoms with E-state index in [-0.39, 0.29) is 11.0 Å². The van der Waals surface area contributed by atoms with Crippen LogP contribution in [0.1, 0.15) is 58.1 Å². The number of fused-ring (bicyclic) bond motifs is 1. The van der Waals surface area contributed by atoms with Crippen LogP contribution in [0.3, 0.4) is 0 Å². The van der Waals surface area contributed by atoms with E-state index in [4.69, 9.17) is 4.74 Å². The van der Waals surface area contributed by atoms with E-state index in [1.54, 1.807) is 5.56 Å². The second kappa shape index (κ2) is 6.93. The minimum absolute atomic E-state index is 0.158. The summed E-state index contributed by atoms with van der Waals surface area (Å²) < 4.78 is 5.68. The predicted octanol–water partition coefficient (Wildman–Crippen LogP) is 4.08. The van der Waals surface area contributed by atoms with Gasteiger partial charge in [0.05, 0.1) is 0 Å². The van der Waals surface area contributed by atoms with Gasteiger partial charge in [0.25, 0.3) is 0 Å². The Morgan fingerprint density at radius 2 is 2.00 bits per heavy atom. The van der Waals surface area contributed by atoms with Crippen molar-refractivity contribution in [1.82, 2.24) is 5.32 Å². The Morgan fingerprint density at radius 3 is 2.71 bits per heavy atom. The number of ether oxygens (including phenoxy) is 1. The lowest BCUT2D eigenvalue weighted by molar-refractivity contribution is 0.117. The molecular formula is C19H31NO. The highest BCUT2D eigenvalue weighted by molar-refractivity contribution is 5.37. The van der Waals surface area contributed by atoms with Crippen LogP contribution >= 0.6 is 0 Å². The SMILES string of the molecule is CCOCCC1(CNC(C)(C)C)CCCc2ccccc21. The van der Waals surface area contributed by atoms with Gasteiger partial charge in [0.15, 0.2) is 0 Å². The topological polar surface area (TPSA) is 21.3 Å². The molecule has 2 heteroatoms. The van der Waals surface area contributed by atoms with Crippen molar-refractivity contribution in [2.45, 2.75) is 64.3 Å². The van der Waals surface area contributed by atoms with Gasteiger partial charge in [-0.3, -0.25) is 0 Å². The van der Waals surface area contributed by atoms with Gasteiger partial charge in [0.2, 0.25) is 0 Å². The van der Waals surface area contributed by atoms with E-state index in [0.717, 1.165) is 26.2 Å². The summed E-state index contributed by atoms with van der Waals surface area (Å²) in [5, 5.41) is 3.74. The number of benzene rings is 1. The van der Waals surface area contributed by atoms with E-state index in [0.29, 0.717) is 0 Å². The molecule has 0 spiro atoms. The van der Waals surface area contributed by atoms with Gasteiger partial charge in [-0.15, -0.1) is 0 Å². The fourth-order valence-electron chi connectivity index (χ4n) is 3.39. The third-order valence-electron chi connectivity index (χ3n) is 4.58. The van der Waals surface area contributed by atoms with Crippen molar-refractivity contribution < 1.29 is 4.74 Å². The second-order valence-corrected chi connectivity index (χ2v) is 7.34. The van der Waals surface area contributed by atoms with Gasteiger partial charge in [-0.1, -0.05) is 24.3 Å². The number of hydrogen-bond acceptors (Lipinski definition) is 2. The van der Waals surface area contributed by atoms with Crippen molar-refractivity contribution in [1.29, 1.82) is 0 Å². The van der Waals surface area contributed by atoms with Crippen LogP contribution in [-0.2, 0) is 16.6 Å². The summed E-state index contributed by atoms with van der Waals surface area (Å²) in [7, 11) is 0. The van der Waals surface area contributed by atoms with E-state index in [1.807, 2.05) is 0 Å². The largest absolute Gasteiger partial charge is 0.382 e. The molecule has 21 heavy (non-hydrogen) atoms. The average molecular weight is 289 g/mol. The first-order valence-corrected chi connectivity index (χ1v) is 8.38. The van der Waals surface area contributed by atoms with Crippen molar-refractivity contribution in [3.63, 3.8) is 0 Å². The smallest absolute Gasteiger partial charge is 0.0474 e. The number of rotatable bonds is 6. The Kier molecular flexibility index (Phi) is 5.45. The lowest BCUT2D eigenvalue weighted by atomic mass is 9.68. The fraction of sp³-hybridized carbons (Fsp3) is 0.684. The van der Waals surface area contributed by atoms with E-state index < -0.39 is 0 Å². The van der Waals surface area contributed by atoms with Gasteiger partial charge in [-0.25, -0.2) is 0 Å². The molecule has 0 saturated heterocycles. The maximum absolute atomic E-state index is 5.68. The van der Waals surface area contributed by atoms with Gasteiger partial charge in [0.1, 0.15) is 0 Å². The zero-order chi connectivity index (χ0) is 15.3. The molecule has 0 aromatic heterocycles. The molecule has 1 aromatic rings. The molecule has 118 valence electrons. The van der Waals surface area contributed by atoms with E-state index in [1.165, 1.54) is 24.8 Å². The highest BCUT2D eigenvalue weighted by Crippen LogP contribution is 2.40. The maximum Gasteiger partial charge on any atom is 0.0474 e. The monoisotopic (exact) mass is 289 g/mol. The standard InChI is InChI=1S/C19H31NO/c1-5-21-14-13-19(15-20-18(2,3)4)12-8-10-16-9-6-7-11-17(16)19/h6-7,9,11,20H,5,8,10,12-15H2,1-4H3. The van der Waals surface area contributed by atoms with Crippen molar-refractivity contribution in [2.24, 2.45) is 0 Å². The third-order valence-corrected chi connectivity index (χ3v) is 4.58. The van der Waals surface area contributed by atoms with Crippen molar-refractivity contribution in [2.75, 3.05) is 19.8 Å². The second-order valence-electron chi connectivity index (χ2n) is 7.34. The molecule has 0 heterocycles. The number of aryl methyl sites for hydroxylation is 1. The molecule has 0 radical (unpaired) electrons.